The van der Waals surface area contributed by atoms with E-state index in [0.29, 0.717) is 58.1 Å². The Bertz CT molecular complexity index is 1900. The van der Waals surface area contributed by atoms with Crippen LogP contribution in [0.2, 0.25) is 0 Å². The highest BCUT2D eigenvalue weighted by atomic mass is 16.7. The molecule has 9 heteroatoms. The van der Waals surface area contributed by atoms with Crippen molar-refractivity contribution in [3.05, 3.63) is 95.5 Å². The van der Waals surface area contributed by atoms with Crippen LogP contribution in [0.4, 0.5) is 0 Å². The van der Waals surface area contributed by atoms with E-state index >= 15 is 0 Å². The van der Waals surface area contributed by atoms with E-state index in [1.807, 2.05) is 37.3 Å². The van der Waals surface area contributed by atoms with Crippen LogP contribution in [0.1, 0.15) is 60.0 Å². The minimum atomic E-state index is -0.322. The number of aryl methyl sites for hydroxylation is 1. The maximum absolute atomic E-state index is 13.8. The number of fused-ring (bicyclic) bond motifs is 3. The van der Waals surface area contributed by atoms with Crippen LogP contribution < -0.4 is 4.74 Å². The molecule has 1 unspecified atom stereocenters. The van der Waals surface area contributed by atoms with E-state index in [1.165, 1.54) is 0 Å². The summed E-state index contributed by atoms with van der Waals surface area (Å²) in [5.74, 6) is 0.543. The van der Waals surface area contributed by atoms with Crippen molar-refractivity contribution in [1.82, 2.24) is 14.8 Å². The Labute approximate surface area is 280 Å². The number of ether oxygens (including phenoxy) is 5. The lowest BCUT2D eigenvalue weighted by atomic mass is 9.97. The van der Waals surface area contributed by atoms with Gasteiger partial charge < -0.3 is 28.3 Å². The third kappa shape index (κ3) is 6.76. The molecule has 2 aromatic heterocycles. The van der Waals surface area contributed by atoms with E-state index in [9.17, 15) is 4.79 Å². The van der Waals surface area contributed by atoms with Crippen molar-refractivity contribution in [3.63, 3.8) is 0 Å². The van der Waals surface area contributed by atoms with Gasteiger partial charge in [0.15, 0.2) is 6.29 Å². The van der Waals surface area contributed by atoms with E-state index in [0.717, 1.165) is 87.8 Å². The molecule has 2 aliphatic rings. The quantitative estimate of drug-likeness (QED) is 0.0897. The molecular weight excluding hydrogens is 606 g/mol. The highest BCUT2D eigenvalue weighted by Gasteiger charge is 2.28. The fourth-order valence-corrected chi connectivity index (χ4v) is 6.93. The summed E-state index contributed by atoms with van der Waals surface area (Å²) >= 11 is 0. The molecule has 3 aromatic carbocycles. The van der Waals surface area contributed by atoms with Gasteiger partial charge in [0.2, 0.25) is 0 Å². The largest absolute Gasteiger partial charge is 0.493 e. The van der Waals surface area contributed by atoms with Crippen LogP contribution in [0.15, 0.2) is 72.8 Å². The SMILES string of the molecule is CCOC(=O)c1c(CCCOc2cccc3ccccc23)c2cccc3c2n1C/C=C\COCc1[nH]nc(CCOC2CCCCO2)c1-3. The minimum Gasteiger partial charge on any atom is -0.493 e. The van der Waals surface area contributed by atoms with Gasteiger partial charge in [-0.25, -0.2) is 4.79 Å². The second kappa shape index (κ2) is 15.2. The highest BCUT2D eigenvalue weighted by Crippen LogP contribution is 2.39. The summed E-state index contributed by atoms with van der Waals surface area (Å²) in [4.78, 5) is 13.8. The Morgan fingerprint density at radius 3 is 2.77 bits per heavy atom. The maximum Gasteiger partial charge on any atom is 0.355 e. The predicted molar refractivity (Wildman–Crippen MR) is 185 cm³/mol. The molecule has 1 saturated heterocycles. The van der Waals surface area contributed by atoms with Gasteiger partial charge in [-0.2, -0.15) is 5.10 Å². The van der Waals surface area contributed by atoms with Gasteiger partial charge in [-0.1, -0.05) is 66.7 Å². The Hall–Kier alpha value is -4.44. The van der Waals surface area contributed by atoms with Crippen LogP contribution in [-0.4, -0.2) is 60.1 Å². The summed E-state index contributed by atoms with van der Waals surface area (Å²) in [6.45, 7) is 5.23. The van der Waals surface area contributed by atoms with Crippen LogP contribution in [0.3, 0.4) is 0 Å². The lowest BCUT2D eigenvalue weighted by Crippen LogP contribution is -2.23. The molecule has 7 rings (SSSR count). The maximum atomic E-state index is 13.8. The molecular formula is C39H43N3O6. The average molecular weight is 650 g/mol. The zero-order valence-electron chi connectivity index (χ0n) is 27.5. The highest BCUT2D eigenvalue weighted by molar-refractivity contribution is 6.05. The Balaban J connectivity index is 1.24. The molecule has 0 aliphatic carbocycles. The number of hydrogen-bond donors (Lipinski definition) is 1. The monoisotopic (exact) mass is 649 g/mol. The standard InChI is InChI=1S/C39H43N3O6/c1-2-45-39(43)38-30(17-11-24-46-34-18-9-13-27-12-3-4-14-28(27)34)29-15-10-16-31-36-32(20-25-48-35-19-5-7-23-47-35)40-41-33(36)26-44-22-8-6-21-42(38)37(29)31/h3-4,6,8-10,12-16,18,35H,2,5,7,11,17,19-26H2,1H3,(H,40,41)/b8-6-. The van der Waals surface area contributed by atoms with Crippen molar-refractivity contribution < 1.29 is 28.5 Å². The Kier molecular flexibility index (Phi) is 10.2. The van der Waals surface area contributed by atoms with E-state index in [4.69, 9.17) is 28.8 Å². The van der Waals surface area contributed by atoms with Gasteiger partial charge >= 0.3 is 5.97 Å². The normalized spacial score (nSPS) is 17.1. The predicted octanol–water partition coefficient (Wildman–Crippen LogP) is 7.55. The topological polar surface area (TPSA) is 96.8 Å². The second-order valence-electron chi connectivity index (χ2n) is 12.2. The van der Waals surface area contributed by atoms with Gasteiger partial charge in [0.25, 0.3) is 0 Å². The summed E-state index contributed by atoms with van der Waals surface area (Å²) in [5.41, 5.74) is 6.34. The number of hydrogen-bond acceptors (Lipinski definition) is 7. The summed E-state index contributed by atoms with van der Waals surface area (Å²) in [7, 11) is 0. The van der Waals surface area contributed by atoms with Gasteiger partial charge in [-0.3, -0.25) is 5.10 Å². The van der Waals surface area contributed by atoms with Crippen LogP contribution in [0.25, 0.3) is 32.8 Å². The summed E-state index contributed by atoms with van der Waals surface area (Å²) in [6.07, 6.45) is 9.01. The summed E-state index contributed by atoms with van der Waals surface area (Å²) in [6, 6.07) is 20.7. The van der Waals surface area contributed by atoms with Gasteiger partial charge in [-0.05, 0) is 56.0 Å². The van der Waals surface area contributed by atoms with Crippen LogP contribution >= 0.6 is 0 Å². The number of benzene rings is 3. The first-order valence-electron chi connectivity index (χ1n) is 17.2. The second-order valence-corrected chi connectivity index (χ2v) is 12.2. The Morgan fingerprint density at radius 2 is 1.88 bits per heavy atom. The van der Waals surface area contributed by atoms with Crippen molar-refractivity contribution in [2.45, 2.75) is 64.9 Å². The van der Waals surface area contributed by atoms with Gasteiger partial charge in [-0.15, -0.1) is 0 Å². The van der Waals surface area contributed by atoms with Crippen molar-refractivity contribution in [2.24, 2.45) is 0 Å². The number of carbonyl (C=O) groups is 1. The van der Waals surface area contributed by atoms with Gasteiger partial charge in [0.05, 0.1) is 49.9 Å². The van der Waals surface area contributed by atoms with E-state index in [1.54, 1.807) is 0 Å². The van der Waals surface area contributed by atoms with Crippen LogP contribution in [0.5, 0.6) is 5.75 Å². The molecule has 9 nitrogen and oxygen atoms in total. The first-order chi connectivity index (χ1) is 23.7. The molecule has 0 saturated carbocycles. The third-order valence-electron chi connectivity index (χ3n) is 9.12. The summed E-state index contributed by atoms with van der Waals surface area (Å²) < 4.78 is 32.0. The average Bonchev–Trinajstić information content (AvgIpc) is 3.66. The number of H-pyrrole nitrogens is 1. The van der Waals surface area contributed by atoms with Crippen LogP contribution in [-0.2, 0) is 44.9 Å². The molecule has 0 bridgehead atoms. The molecule has 1 atom stereocenters. The first kappa shape index (κ1) is 32.1. The van der Waals surface area contributed by atoms with Gasteiger partial charge in [0.1, 0.15) is 11.4 Å². The van der Waals surface area contributed by atoms with Crippen LogP contribution in [0, 0.1) is 0 Å². The van der Waals surface area contributed by atoms with Crippen molar-refractivity contribution in [3.8, 4) is 16.9 Å². The van der Waals surface area contributed by atoms with E-state index < -0.39 is 0 Å². The number of nitrogens with zero attached hydrogens (tertiary/aromatic N) is 2. The molecule has 0 radical (unpaired) electrons. The van der Waals surface area contributed by atoms with Crippen molar-refractivity contribution in [1.29, 1.82) is 0 Å². The molecule has 48 heavy (non-hydrogen) atoms. The zero-order valence-corrected chi connectivity index (χ0v) is 27.5. The lowest BCUT2D eigenvalue weighted by molar-refractivity contribution is -0.161. The van der Waals surface area contributed by atoms with Gasteiger partial charge in [0, 0.05) is 41.5 Å². The zero-order chi connectivity index (χ0) is 32.7. The number of nitrogens with one attached hydrogen (secondary N) is 1. The number of allylic oxidation sites excluding steroid dienone is 1. The smallest absolute Gasteiger partial charge is 0.355 e. The van der Waals surface area contributed by atoms with E-state index in [-0.39, 0.29) is 12.3 Å². The third-order valence-corrected chi connectivity index (χ3v) is 9.12. The molecule has 1 N–H and O–H groups in total. The Morgan fingerprint density at radius 1 is 1.00 bits per heavy atom. The molecule has 0 amide bonds. The molecule has 1 fully saturated rings. The molecule has 4 heterocycles. The first-order valence-corrected chi connectivity index (χ1v) is 17.2. The number of esters is 1. The van der Waals surface area contributed by atoms with E-state index in [2.05, 4.69) is 52.1 Å². The molecule has 5 aromatic rings. The number of aromatic nitrogens is 3. The number of aromatic amines is 1. The molecule has 2 aliphatic heterocycles. The number of carbonyl (C=O) groups excluding carboxylic acids is 1. The number of rotatable bonds is 11. The minimum absolute atomic E-state index is 0.163. The number of para-hydroxylation sites is 1. The molecule has 250 valence electrons. The molecule has 0 spiro atoms. The van der Waals surface area contributed by atoms with Crippen molar-refractivity contribution >= 4 is 27.6 Å². The fraction of sp³-hybridized carbons (Fsp3) is 0.385. The summed E-state index contributed by atoms with van der Waals surface area (Å²) in [5, 5.41) is 11.3. The van der Waals surface area contributed by atoms with Crippen molar-refractivity contribution in [2.75, 3.05) is 33.0 Å². The lowest BCUT2D eigenvalue weighted by Gasteiger charge is -2.22. The fourth-order valence-electron chi connectivity index (χ4n) is 6.93.